The quantitative estimate of drug-likeness (QED) is 0.628. The lowest BCUT2D eigenvalue weighted by molar-refractivity contribution is 0.0242. The number of nitrogens with zero attached hydrogens (tertiary/aromatic N) is 1. The van der Waals surface area contributed by atoms with Crippen molar-refractivity contribution < 1.29 is 9.53 Å². The lowest BCUT2D eigenvalue weighted by Gasteiger charge is -2.33. The smallest absolute Gasteiger partial charge is 0.191 e. The minimum atomic E-state index is -0.0416. The van der Waals surface area contributed by atoms with Gasteiger partial charge in [0.25, 0.3) is 0 Å². The van der Waals surface area contributed by atoms with Crippen molar-refractivity contribution in [3.05, 3.63) is 70.8 Å². The molecule has 0 spiro atoms. The van der Waals surface area contributed by atoms with Crippen LogP contribution in [0.2, 0.25) is 0 Å². The molecule has 24 heavy (non-hydrogen) atoms. The second-order valence-corrected chi connectivity index (χ2v) is 6.24. The first-order chi connectivity index (χ1) is 11.7. The van der Waals surface area contributed by atoms with Crippen LogP contribution in [0.1, 0.15) is 27.5 Å². The highest BCUT2D eigenvalue weighted by molar-refractivity contribution is 6.32. The third-order valence-corrected chi connectivity index (χ3v) is 4.70. The van der Waals surface area contributed by atoms with Gasteiger partial charge in [-0.15, -0.1) is 0 Å². The fourth-order valence-electron chi connectivity index (χ4n) is 3.56. The molecule has 4 rings (SSSR count). The molecule has 0 N–H and O–H groups in total. The minimum absolute atomic E-state index is 0.0416. The molecule has 3 nitrogen and oxygen atoms in total. The van der Waals surface area contributed by atoms with Crippen LogP contribution in [0.3, 0.4) is 0 Å². The summed E-state index contributed by atoms with van der Waals surface area (Å²) >= 11 is 0. The van der Waals surface area contributed by atoms with Gasteiger partial charge in [0, 0.05) is 24.2 Å². The Hall–Kier alpha value is -2.17. The van der Waals surface area contributed by atoms with Crippen LogP contribution in [0.25, 0.3) is 6.08 Å². The van der Waals surface area contributed by atoms with Crippen LogP contribution in [-0.2, 0) is 4.74 Å². The molecule has 118 valence electrons. The van der Waals surface area contributed by atoms with Gasteiger partial charge in [-0.3, -0.25) is 9.69 Å². The van der Waals surface area contributed by atoms with E-state index in [0.29, 0.717) is 18.7 Å². The standard InChI is InChI=1S/C20H18BNO2/c21-15-6-7-16-17(13-15)19(22-8-10-24-11-9-22)18(20(16)23)12-14-4-2-1-3-5-14/h1-7,12-13,19H,8-11H2/b18-12+. The zero-order chi connectivity index (χ0) is 16.5. The van der Waals surface area contributed by atoms with Crippen molar-refractivity contribution in [2.45, 2.75) is 6.04 Å². The van der Waals surface area contributed by atoms with Crippen molar-refractivity contribution in [3.8, 4) is 0 Å². The molecule has 4 heteroatoms. The number of hydrogen-bond donors (Lipinski definition) is 0. The normalized spacial score (nSPS) is 22.8. The van der Waals surface area contributed by atoms with Crippen molar-refractivity contribution in [1.29, 1.82) is 0 Å². The average molecular weight is 315 g/mol. The fourth-order valence-corrected chi connectivity index (χ4v) is 3.56. The minimum Gasteiger partial charge on any atom is -0.379 e. The van der Waals surface area contributed by atoms with Crippen molar-refractivity contribution >= 4 is 25.2 Å². The zero-order valence-corrected chi connectivity index (χ0v) is 13.4. The predicted octanol–water partition coefficient (Wildman–Crippen LogP) is 2.13. The van der Waals surface area contributed by atoms with Crippen LogP contribution in [-0.4, -0.2) is 44.8 Å². The molecule has 1 fully saturated rings. The number of benzene rings is 2. The van der Waals surface area contributed by atoms with Gasteiger partial charge in [0.05, 0.1) is 19.3 Å². The molecule has 1 saturated heterocycles. The largest absolute Gasteiger partial charge is 0.379 e. The van der Waals surface area contributed by atoms with E-state index in [2.05, 4.69) is 4.90 Å². The summed E-state index contributed by atoms with van der Waals surface area (Å²) in [4.78, 5) is 15.3. The van der Waals surface area contributed by atoms with Gasteiger partial charge in [0.15, 0.2) is 5.78 Å². The molecule has 2 aromatic rings. The van der Waals surface area contributed by atoms with E-state index in [4.69, 9.17) is 12.6 Å². The van der Waals surface area contributed by atoms with Gasteiger partial charge < -0.3 is 4.74 Å². The second-order valence-electron chi connectivity index (χ2n) is 6.24. The molecule has 1 atom stereocenters. The van der Waals surface area contributed by atoms with Crippen molar-refractivity contribution in [3.63, 3.8) is 0 Å². The molecule has 2 radical (unpaired) electrons. The predicted molar refractivity (Wildman–Crippen MR) is 95.7 cm³/mol. The SMILES string of the molecule is [B]c1ccc2c(c1)C(N1CCOCC1)/C(=C\c1ccccc1)C2=O. The Morgan fingerprint density at radius 3 is 2.58 bits per heavy atom. The Morgan fingerprint density at radius 1 is 1.08 bits per heavy atom. The summed E-state index contributed by atoms with van der Waals surface area (Å²) in [6, 6.07) is 15.6. The van der Waals surface area contributed by atoms with Crippen molar-refractivity contribution in [2.75, 3.05) is 26.3 Å². The number of ether oxygens (including phenoxy) is 1. The number of carbonyl (C=O) groups is 1. The maximum atomic E-state index is 13.0. The molecule has 0 saturated carbocycles. The first-order valence-electron chi connectivity index (χ1n) is 8.26. The van der Waals surface area contributed by atoms with E-state index in [1.165, 1.54) is 0 Å². The van der Waals surface area contributed by atoms with Crippen LogP contribution < -0.4 is 5.46 Å². The lowest BCUT2D eigenvalue weighted by Crippen LogP contribution is -2.39. The maximum absolute atomic E-state index is 13.0. The molecule has 0 aromatic heterocycles. The molecule has 2 aromatic carbocycles. The summed E-state index contributed by atoms with van der Waals surface area (Å²) < 4.78 is 5.48. The van der Waals surface area contributed by atoms with Gasteiger partial charge >= 0.3 is 0 Å². The molecule has 1 unspecified atom stereocenters. The number of ketones is 1. The third kappa shape index (κ3) is 2.72. The summed E-state index contributed by atoms with van der Waals surface area (Å²) in [7, 11) is 5.99. The Labute approximate surface area is 143 Å². The van der Waals surface area contributed by atoms with Gasteiger partial charge in [-0.25, -0.2) is 0 Å². The number of carbonyl (C=O) groups excluding carboxylic acids is 1. The topological polar surface area (TPSA) is 29.5 Å². The molecule has 1 aliphatic heterocycles. The van der Waals surface area contributed by atoms with Crippen LogP contribution in [0.15, 0.2) is 54.1 Å². The number of fused-ring (bicyclic) bond motifs is 1. The van der Waals surface area contributed by atoms with Crippen LogP contribution >= 0.6 is 0 Å². The first kappa shape index (κ1) is 15.4. The third-order valence-electron chi connectivity index (χ3n) is 4.70. The van der Waals surface area contributed by atoms with Gasteiger partial charge in [-0.2, -0.15) is 0 Å². The molecule has 1 heterocycles. The maximum Gasteiger partial charge on any atom is 0.191 e. The van der Waals surface area contributed by atoms with Crippen LogP contribution in [0.4, 0.5) is 0 Å². The second kappa shape index (κ2) is 6.38. The zero-order valence-electron chi connectivity index (χ0n) is 13.4. The summed E-state index contributed by atoms with van der Waals surface area (Å²) in [6.07, 6.45) is 2.01. The van der Waals surface area contributed by atoms with Gasteiger partial charge in [-0.05, 0) is 17.2 Å². The van der Waals surface area contributed by atoms with E-state index in [9.17, 15) is 4.79 Å². The molecule has 1 aliphatic carbocycles. The molecule has 0 bridgehead atoms. The van der Waals surface area contributed by atoms with E-state index >= 15 is 0 Å². The lowest BCUT2D eigenvalue weighted by atomic mass is 9.91. The first-order valence-corrected chi connectivity index (χ1v) is 8.26. The average Bonchev–Trinajstić information content (AvgIpc) is 2.88. The highest BCUT2D eigenvalue weighted by Crippen LogP contribution is 2.40. The Kier molecular flexibility index (Phi) is 4.09. The van der Waals surface area contributed by atoms with Crippen molar-refractivity contribution in [2.24, 2.45) is 0 Å². The fraction of sp³-hybridized carbons (Fsp3) is 0.250. The number of hydrogen-bond acceptors (Lipinski definition) is 3. The van der Waals surface area contributed by atoms with Gasteiger partial charge in [0.2, 0.25) is 0 Å². The number of morpholine rings is 1. The highest BCUT2D eigenvalue weighted by Gasteiger charge is 2.38. The molecule has 2 aliphatic rings. The van der Waals surface area contributed by atoms with Crippen LogP contribution in [0.5, 0.6) is 0 Å². The Bertz CT molecular complexity index is 795. The van der Waals surface area contributed by atoms with Crippen LogP contribution in [0, 0.1) is 0 Å². The molecular formula is C20H18BNO2. The van der Waals surface area contributed by atoms with E-state index in [-0.39, 0.29) is 11.8 Å². The summed E-state index contributed by atoms with van der Waals surface area (Å²) in [5.74, 6) is 0.102. The van der Waals surface area contributed by atoms with E-state index < -0.39 is 0 Å². The van der Waals surface area contributed by atoms with E-state index in [1.807, 2.05) is 48.5 Å². The highest BCUT2D eigenvalue weighted by atomic mass is 16.5. The van der Waals surface area contributed by atoms with Crippen molar-refractivity contribution in [1.82, 2.24) is 4.90 Å². The van der Waals surface area contributed by atoms with E-state index in [1.54, 1.807) is 6.07 Å². The summed E-state index contributed by atoms with van der Waals surface area (Å²) in [6.45, 7) is 3.03. The monoisotopic (exact) mass is 315 g/mol. The number of rotatable bonds is 2. The van der Waals surface area contributed by atoms with E-state index in [0.717, 1.165) is 35.4 Å². The Morgan fingerprint density at radius 2 is 1.83 bits per heavy atom. The molecular weight excluding hydrogens is 297 g/mol. The number of Topliss-reactive ketones (excluding diaryl/α,β-unsaturated/α-hetero) is 1. The Balaban J connectivity index is 1.82. The van der Waals surface area contributed by atoms with Gasteiger partial charge in [0.1, 0.15) is 7.85 Å². The summed E-state index contributed by atoms with van der Waals surface area (Å²) in [5.41, 5.74) is 4.34. The molecule has 0 amide bonds. The summed E-state index contributed by atoms with van der Waals surface area (Å²) in [5, 5.41) is 0. The van der Waals surface area contributed by atoms with Gasteiger partial charge in [-0.1, -0.05) is 54.0 Å².